The molecule has 4 nitrogen and oxygen atoms in total. The summed E-state index contributed by atoms with van der Waals surface area (Å²) in [5.41, 5.74) is 1.78. The molecule has 4 heteroatoms. The van der Waals surface area contributed by atoms with E-state index in [2.05, 4.69) is 30.5 Å². The maximum absolute atomic E-state index is 5.99. The number of rotatable bonds is 4. The molecular weight excluding hydrogens is 250 g/mol. The van der Waals surface area contributed by atoms with Gasteiger partial charge >= 0.3 is 0 Å². The Hall–Kier alpha value is -0.870. The van der Waals surface area contributed by atoms with Gasteiger partial charge in [-0.2, -0.15) is 5.10 Å². The lowest BCUT2D eigenvalue weighted by Gasteiger charge is -2.64. The molecule has 2 saturated carbocycles. The molecule has 0 bridgehead atoms. The van der Waals surface area contributed by atoms with Crippen molar-refractivity contribution in [2.75, 3.05) is 6.61 Å². The van der Waals surface area contributed by atoms with Gasteiger partial charge in [-0.3, -0.25) is 4.68 Å². The number of fused-ring (bicyclic) bond motifs is 2. The molecule has 1 N–H and O–H groups in total. The highest BCUT2D eigenvalue weighted by Crippen LogP contribution is 2.63. The van der Waals surface area contributed by atoms with Gasteiger partial charge in [0.2, 0.25) is 0 Å². The smallest absolute Gasteiger partial charge is 0.0690 e. The van der Waals surface area contributed by atoms with Gasteiger partial charge in [-0.15, -0.1) is 0 Å². The van der Waals surface area contributed by atoms with Crippen LogP contribution in [0.5, 0.6) is 0 Å². The van der Waals surface area contributed by atoms with Gasteiger partial charge in [-0.25, -0.2) is 0 Å². The molecule has 4 atom stereocenters. The summed E-state index contributed by atoms with van der Waals surface area (Å²) in [6.45, 7) is 6.31. The quantitative estimate of drug-likeness (QED) is 0.917. The van der Waals surface area contributed by atoms with Crippen LogP contribution in [0.2, 0.25) is 0 Å². The first-order valence-electron chi connectivity index (χ1n) is 8.14. The largest absolute Gasteiger partial charge is 0.377 e. The first-order valence-corrected chi connectivity index (χ1v) is 8.14. The summed E-state index contributed by atoms with van der Waals surface area (Å²) in [5.74, 6) is 0.749. The molecule has 2 heterocycles. The number of hydrogen-bond donors (Lipinski definition) is 1. The van der Waals surface area contributed by atoms with Crippen LogP contribution in [-0.4, -0.2) is 28.5 Å². The van der Waals surface area contributed by atoms with Gasteiger partial charge in [0.25, 0.3) is 0 Å². The number of nitrogens with one attached hydrogen (secondary N) is 1. The van der Waals surface area contributed by atoms with Crippen molar-refractivity contribution in [3.8, 4) is 0 Å². The zero-order valence-electron chi connectivity index (χ0n) is 12.5. The number of nitrogens with zero attached hydrogens (tertiary/aromatic N) is 2. The molecule has 20 heavy (non-hydrogen) atoms. The molecule has 0 amide bonds. The molecule has 0 radical (unpaired) electrons. The Bertz CT molecular complexity index is 494. The van der Waals surface area contributed by atoms with Gasteiger partial charge in [-0.1, -0.05) is 6.42 Å². The first kappa shape index (κ1) is 12.8. The van der Waals surface area contributed by atoms with Crippen LogP contribution in [0.1, 0.15) is 51.1 Å². The van der Waals surface area contributed by atoms with Crippen molar-refractivity contribution in [1.29, 1.82) is 0 Å². The van der Waals surface area contributed by atoms with E-state index in [-0.39, 0.29) is 0 Å². The highest BCUT2D eigenvalue weighted by Gasteiger charge is 2.66. The molecule has 1 aromatic heterocycles. The average Bonchev–Trinajstić information content (AvgIpc) is 3.01. The Labute approximate surface area is 120 Å². The SMILES string of the molecule is CCn1cc(C(C)NC2C3CCOC3C23CCC3)cn1. The zero-order valence-corrected chi connectivity index (χ0v) is 12.5. The van der Waals surface area contributed by atoms with E-state index in [1.165, 1.54) is 31.2 Å². The lowest BCUT2D eigenvalue weighted by molar-refractivity contribution is -0.178. The van der Waals surface area contributed by atoms with E-state index in [4.69, 9.17) is 4.74 Å². The number of hydrogen-bond acceptors (Lipinski definition) is 3. The zero-order chi connectivity index (χ0) is 13.7. The number of aryl methyl sites for hydroxylation is 1. The molecule has 1 aromatic rings. The summed E-state index contributed by atoms with van der Waals surface area (Å²) in [6.07, 6.45) is 10.1. The van der Waals surface area contributed by atoms with Gasteiger partial charge in [0.05, 0.1) is 12.3 Å². The minimum Gasteiger partial charge on any atom is -0.377 e. The maximum atomic E-state index is 5.99. The molecule has 4 rings (SSSR count). The Morgan fingerprint density at radius 2 is 2.40 bits per heavy atom. The molecule has 110 valence electrons. The Morgan fingerprint density at radius 1 is 1.55 bits per heavy atom. The summed E-state index contributed by atoms with van der Waals surface area (Å²) in [4.78, 5) is 0. The second kappa shape index (κ2) is 4.57. The second-order valence-corrected chi connectivity index (χ2v) is 6.83. The van der Waals surface area contributed by atoms with Crippen LogP contribution in [0.4, 0.5) is 0 Å². The Morgan fingerprint density at radius 3 is 3.05 bits per heavy atom. The molecular formula is C16H25N3O. The predicted molar refractivity (Wildman–Crippen MR) is 77.4 cm³/mol. The topological polar surface area (TPSA) is 39.1 Å². The first-order chi connectivity index (χ1) is 9.74. The van der Waals surface area contributed by atoms with E-state index >= 15 is 0 Å². The normalized spacial score (nSPS) is 35.4. The Balaban J connectivity index is 1.48. The van der Waals surface area contributed by atoms with E-state index in [1.54, 1.807) is 0 Å². The van der Waals surface area contributed by atoms with Gasteiger partial charge in [0.1, 0.15) is 0 Å². The highest BCUT2D eigenvalue weighted by atomic mass is 16.5. The van der Waals surface area contributed by atoms with E-state index in [9.17, 15) is 0 Å². The molecule has 1 spiro atoms. The lowest BCUT2D eigenvalue weighted by atomic mass is 9.46. The fourth-order valence-electron chi connectivity index (χ4n) is 4.64. The third-order valence-electron chi connectivity index (χ3n) is 5.94. The van der Waals surface area contributed by atoms with Crippen LogP contribution in [-0.2, 0) is 11.3 Å². The molecule has 4 unspecified atom stereocenters. The van der Waals surface area contributed by atoms with Crippen LogP contribution in [0, 0.1) is 11.3 Å². The summed E-state index contributed by atoms with van der Waals surface area (Å²) < 4.78 is 8.00. The van der Waals surface area contributed by atoms with Gasteiger partial charge < -0.3 is 10.1 Å². The Kier molecular flexibility index (Phi) is 2.93. The minimum absolute atomic E-state index is 0.388. The third-order valence-corrected chi connectivity index (χ3v) is 5.94. The summed E-state index contributed by atoms with van der Waals surface area (Å²) in [6, 6.07) is 1.04. The minimum atomic E-state index is 0.388. The third kappa shape index (κ3) is 1.64. The van der Waals surface area contributed by atoms with Gasteiger partial charge in [0.15, 0.2) is 0 Å². The van der Waals surface area contributed by atoms with Crippen LogP contribution in [0.25, 0.3) is 0 Å². The fourth-order valence-corrected chi connectivity index (χ4v) is 4.64. The van der Waals surface area contributed by atoms with Gasteiger partial charge in [-0.05, 0) is 33.1 Å². The van der Waals surface area contributed by atoms with E-state index in [0.29, 0.717) is 23.6 Å². The molecule has 3 fully saturated rings. The van der Waals surface area contributed by atoms with E-state index in [0.717, 1.165) is 19.1 Å². The molecule has 3 aliphatic rings. The molecule has 1 aliphatic heterocycles. The van der Waals surface area contributed by atoms with Crippen molar-refractivity contribution in [2.45, 2.75) is 64.3 Å². The lowest BCUT2D eigenvalue weighted by Crippen LogP contribution is -2.71. The standard InChI is InChI=1S/C16H25N3O/c1-3-19-10-12(9-17-19)11(2)18-14-13-5-8-20-15(13)16(14)6-4-7-16/h9-11,13-15,18H,3-8H2,1-2H3. The highest BCUT2D eigenvalue weighted by molar-refractivity contribution is 5.20. The van der Waals surface area contributed by atoms with Crippen molar-refractivity contribution in [3.05, 3.63) is 18.0 Å². The predicted octanol–water partition coefficient (Wildman–Crippen LogP) is 2.51. The van der Waals surface area contributed by atoms with E-state index in [1.807, 2.05) is 10.9 Å². The van der Waals surface area contributed by atoms with Crippen LogP contribution in [0.15, 0.2) is 12.4 Å². The van der Waals surface area contributed by atoms with Crippen LogP contribution >= 0.6 is 0 Å². The monoisotopic (exact) mass is 275 g/mol. The van der Waals surface area contributed by atoms with Crippen LogP contribution in [0.3, 0.4) is 0 Å². The van der Waals surface area contributed by atoms with Gasteiger partial charge in [0, 0.05) is 48.3 Å². The average molecular weight is 275 g/mol. The van der Waals surface area contributed by atoms with Crippen molar-refractivity contribution < 1.29 is 4.74 Å². The second-order valence-electron chi connectivity index (χ2n) is 6.83. The van der Waals surface area contributed by atoms with Crippen LogP contribution < -0.4 is 5.32 Å². The maximum Gasteiger partial charge on any atom is 0.0690 e. The van der Waals surface area contributed by atoms with E-state index < -0.39 is 0 Å². The molecule has 2 aliphatic carbocycles. The van der Waals surface area contributed by atoms with Crippen molar-refractivity contribution in [2.24, 2.45) is 11.3 Å². The number of aromatic nitrogens is 2. The van der Waals surface area contributed by atoms with Crippen molar-refractivity contribution >= 4 is 0 Å². The summed E-state index contributed by atoms with van der Waals surface area (Å²) >= 11 is 0. The summed E-state index contributed by atoms with van der Waals surface area (Å²) in [5, 5.41) is 8.30. The molecule has 1 saturated heterocycles. The molecule has 0 aromatic carbocycles. The fraction of sp³-hybridized carbons (Fsp3) is 0.812. The van der Waals surface area contributed by atoms with Crippen molar-refractivity contribution in [1.82, 2.24) is 15.1 Å². The number of ether oxygens (including phenoxy) is 1. The van der Waals surface area contributed by atoms with Crippen molar-refractivity contribution in [3.63, 3.8) is 0 Å². The summed E-state index contributed by atoms with van der Waals surface area (Å²) in [7, 11) is 0.